The summed E-state index contributed by atoms with van der Waals surface area (Å²) < 4.78 is 2.19. The molecule has 1 saturated carbocycles. The van der Waals surface area contributed by atoms with Crippen molar-refractivity contribution in [1.82, 2.24) is 14.8 Å². The molecule has 3 heterocycles. The number of amides is 2. The molecule has 0 aromatic carbocycles. The van der Waals surface area contributed by atoms with Crippen molar-refractivity contribution in [1.29, 1.82) is 0 Å². The molecule has 1 fully saturated rings. The maximum absolute atomic E-state index is 12.8. The van der Waals surface area contributed by atoms with Gasteiger partial charge in [0.25, 0.3) is 5.91 Å². The lowest BCUT2D eigenvalue weighted by molar-refractivity contribution is -0.113. The second kappa shape index (κ2) is 8.99. The van der Waals surface area contributed by atoms with Crippen LogP contribution < -0.4 is 11.1 Å². The minimum Gasteiger partial charge on any atom is -0.365 e. The molecule has 1 atom stereocenters. The second-order valence-corrected chi connectivity index (χ2v) is 11.6. The third kappa shape index (κ3) is 4.49. The van der Waals surface area contributed by atoms with Gasteiger partial charge in [-0.25, -0.2) is 0 Å². The molecule has 3 aromatic heterocycles. The maximum atomic E-state index is 12.8. The summed E-state index contributed by atoms with van der Waals surface area (Å²) in [6, 6.07) is 4.58. The Kier molecular flexibility index (Phi) is 6.09. The molecule has 5 rings (SSSR count). The Hall–Kier alpha value is -2.17. The number of thiophene rings is 2. The standard InChI is InChI=1S/C22H25N5O2S3/c1-12-4-7-15-16(9-12)32-21(19(15)20(23)29)24-18(28)11-31-22-26-25-17(27(22)13-5-6-13)10-14-3-2-8-30-14/h2-3,8,12-13H,4-7,9-11H2,1H3,(H2,23,29)(H,24,28). The van der Waals surface area contributed by atoms with Crippen molar-refractivity contribution in [3.8, 4) is 0 Å². The van der Waals surface area contributed by atoms with E-state index in [1.54, 1.807) is 11.3 Å². The van der Waals surface area contributed by atoms with Gasteiger partial charge in [-0.05, 0) is 55.0 Å². The SMILES string of the molecule is CC1CCc2c(sc(NC(=O)CSc3nnc(Cc4cccs4)n3C3CC3)c2C(N)=O)C1. The van der Waals surface area contributed by atoms with E-state index in [1.165, 1.54) is 32.9 Å². The van der Waals surface area contributed by atoms with Crippen LogP contribution in [-0.2, 0) is 24.1 Å². The van der Waals surface area contributed by atoms with Crippen LogP contribution in [0, 0.1) is 5.92 Å². The average Bonchev–Trinajstić information content (AvgIpc) is 3.15. The number of anilines is 1. The Morgan fingerprint density at radius 2 is 2.16 bits per heavy atom. The first-order valence-electron chi connectivity index (χ1n) is 10.8. The van der Waals surface area contributed by atoms with Crippen LogP contribution in [0.2, 0.25) is 0 Å². The highest BCUT2D eigenvalue weighted by atomic mass is 32.2. The third-order valence-electron chi connectivity index (χ3n) is 5.90. The van der Waals surface area contributed by atoms with Gasteiger partial charge in [0, 0.05) is 22.2 Å². The monoisotopic (exact) mass is 487 g/mol. The fraction of sp³-hybridized carbons (Fsp3) is 0.455. The fourth-order valence-electron chi connectivity index (χ4n) is 4.19. The number of thioether (sulfide) groups is 1. The van der Waals surface area contributed by atoms with Gasteiger partial charge in [-0.1, -0.05) is 24.8 Å². The number of carbonyl (C=O) groups is 2. The quantitative estimate of drug-likeness (QED) is 0.462. The van der Waals surface area contributed by atoms with E-state index in [0.717, 1.165) is 55.1 Å². The van der Waals surface area contributed by atoms with Crippen LogP contribution in [0.25, 0.3) is 0 Å². The molecule has 10 heteroatoms. The molecule has 0 radical (unpaired) electrons. The van der Waals surface area contributed by atoms with Crippen LogP contribution in [0.5, 0.6) is 0 Å². The van der Waals surface area contributed by atoms with Gasteiger partial charge in [0.15, 0.2) is 5.16 Å². The van der Waals surface area contributed by atoms with Crippen LogP contribution >= 0.6 is 34.4 Å². The molecular weight excluding hydrogens is 462 g/mol. The van der Waals surface area contributed by atoms with Gasteiger partial charge in [-0.3, -0.25) is 9.59 Å². The largest absolute Gasteiger partial charge is 0.365 e. The number of rotatable bonds is 8. The van der Waals surface area contributed by atoms with E-state index in [2.05, 4.69) is 38.5 Å². The minimum absolute atomic E-state index is 0.158. The van der Waals surface area contributed by atoms with Crippen LogP contribution in [0.15, 0.2) is 22.7 Å². The summed E-state index contributed by atoms with van der Waals surface area (Å²) in [5, 5.41) is 15.2. The highest BCUT2D eigenvalue weighted by molar-refractivity contribution is 7.99. The molecule has 1 unspecified atom stereocenters. The van der Waals surface area contributed by atoms with E-state index in [0.29, 0.717) is 22.5 Å². The van der Waals surface area contributed by atoms with Crippen molar-refractivity contribution in [3.05, 3.63) is 44.2 Å². The first kappa shape index (κ1) is 21.7. The molecule has 3 N–H and O–H groups in total. The average molecular weight is 488 g/mol. The molecule has 0 saturated heterocycles. The van der Waals surface area contributed by atoms with Crippen molar-refractivity contribution in [2.24, 2.45) is 11.7 Å². The highest BCUT2D eigenvalue weighted by Crippen LogP contribution is 2.41. The van der Waals surface area contributed by atoms with Crippen LogP contribution in [0.4, 0.5) is 5.00 Å². The normalized spacial score (nSPS) is 17.8. The van der Waals surface area contributed by atoms with Crippen molar-refractivity contribution in [3.63, 3.8) is 0 Å². The van der Waals surface area contributed by atoms with Gasteiger partial charge in [0.2, 0.25) is 5.91 Å². The summed E-state index contributed by atoms with van der Waals surface area (Å²) >= 11 is 4.60. The Bertz CT molecular complexity index is 1150. The van der Waals surface area contributed by atoms with Gasteiger partial charge in [0.05, 0.1) is 11.3 Å². The molecule has 32 heavy (non-hydrogen) atoms. The number of carbonyl (C=O) groups excluding carboxylic acids is 2. The zero-order valence-electron chi connectivity index (χ0n) is 17.8. The number of fused-ring (bicyclic) bond motifs is 1. The molecule has 2 amide bonds. The van der Waals surface area contributed by atoms with E-state index in [9.17, 15) is 9.59 Å². The zero-order chi connectivity index (χ0) is 22.2. The second-order valence-electron chi connectivity index (χ2n) is 8.51. The molecule has 0 bridgehead atoms. The number of nitrogens with one attached hydrogen (secondary N) is 1. The van der Waals surface area contributed by atoms with E-state index in [4.69, 9.17) is 5.73 Å². The first-order chi connectivity index (χ1) is 15.5. The van der Waals surface area contributed by atoms with Crippen molar-refractivity contribution in [2.75, 3.05) is 11.1 Å². The highest BCUT2D eigenvalue weighted by Gasteiger charge is 2.30. The van der Waals surface area contributed by atoms with Gasteiger partial charge in [-0.2, -0.15) is 0 Å². The number of aromatic nitrogens is 3. The van der Waals surface area contributed by atoms with Crippen molar-refractivity contribution >= 4 is 51.3 Å². The van der Waals surface area contributed by atoms with Gasteiger partial charge < -0.3 is 15.6 Å². The number of hydrogen-bond acceptors (Lipinski definition) is 7. The summed E-state index contributed by atoms with van der Waals surface area (Å²) in [5.41, 5.74) is 7.19. The van der Waals surface area contributed by atoms with E-state index in [1.807, 2.05) is 6.07 Å². The molecule has 2 aliphatic carbocycles. The third-order valence-corrected chi connectivity index (χ3v) is 8.89. The number of hydrogen-bond donors (Lipinski definition) is 2. The topological polar surface area (TPSA) is 103 Å². The summed E-state index contributed by atoms with van der Waals surface area (Å²) in [6.45, 7) is 2.21. The molecule has 2 aliphatic rings. The fourth-order valence-corrected chi connectivity index (χ4v) is 7.15. The predicted molar refractivity (Wildman–Crippen MR) is 129 cm³/mol. The predicted octanol–water partition coefficient (Wildman–Crippen LogP) is 4.28. The van der Waals surface area contributed by atoms with Gasteiger partial charge >= 0.3 is 0 Å². The Morgan fingerprint density at radius 1 is 1.31 bits per heavy atom. The van der Waals surface area contributed by atoms with Crippen LogP contribution in [0.3, 0.4) is 0 Å². The molecule has 7 nitrogen and oxygen atoms in total. The van der Waals surface area contributed by atoms with Crippen molar-refractivity contribution in [2.45, 2.75) is 56.6 Å². The van der Waals surface area contributed by atoms with Gasteiger partial charge in [-0.15, -0.1) is 32.9 Å². The summed E-state index contributed by atoms with van der Waals surface area (Å²) in [6.07, 6.45) is 5.82. The number of nitrogens with two attached hydrogens (primary N) is 1. The zero-order valence-corrected chi connectivity index (χ0v) is 20.2. The molecule has 168 valence electrons. The Balaban J connectivity index is 1.28. The Morgan fingerprint density at radius 3 is 2.88 bits per heavy atom. The van der Waals surface area contributed by atoms with Crippen LogP contribution in [-0.4, -0.2) is 32.3 Å². The minimum atomic E-state index is -0.466. The summed E-state index contributed by atoms with van der Waals surface area (Å²) in [7, 11) is 0. The first-order valence-corrected chi connectivity index (χ1v) is 13.5. The number of nitrogens with zero attached hydrogens (tertiary/aromatic N) is 3. The van der Waals surface area contributed by atoms with E-state index in [-0.39, 0.29) is 11.7 Å². The van der Waals surface area contributed by atoms with Crippen molar-refractivity contribution < 1.29 is 9.59 Å². The molecule has 0 aliphatic heterocycles. The van der Waals surface area contributed by atoms with Gasteiger partial charge in [0.1, 0.15) is 10.8 Å². The Labute approximate surface area is 198 Å². The van der Waals surface area contributed by atoms with E-state index >= 15 is 0 Å². The summed E-state index contributed by atoms with van der Waals surface area (Å²) in [4.78, 5) is 27.3. The number of primary amides is 1. The lowest BCUT2D eigenvalue weighted by atomic mass is 9.88. The molecule has 3 aromatic rings. The molecular formula is C22H25N5O2S3. The smallest absolute Gasteiger partial charge is 0.251 e. The lowest BCUT2D eigenvalue weighted by Crippen LogP contribution is -2.20. The van der Waals surface area contributed by atoms with E-state index < -0.39 is 5.91 Å². The maximum Gasteiger partial charge on any atom is 0.251 e. The summed E-state index contributed by atoms with van der Waals surface area (Å²) in [5.74, 6) is 1.12. The lowest BCUT2D eigenvalue weighted by Gasteiger charge is -2.18. The van der Waals surface area contributed by atoms with Crippen LogP contribution in [0.1, 0.15) is 63.7 Å². The molecule has 0 spiro atoms.